The quantitative estimate of drug-likeness (QED) is 0.383. The zero-order valence-corrected chi connectivity index (χ0v) is 2.51. The third-order valence-electron chi connectivity index (χ3n) is 0. The Bertz CT molecular complexity index is 33.8. The first kappa shape index (κ1) is 15.8. The molecular formula is CH6KNO3. The molecule has 0 fully saturated rings. The van der Waals surface area contributed by atoms with Gasteiger partial charge in [-0.25, -0.2) is 4.79 Å². The van der Waals surface area contributed by atoms with Gasteiger partial charge in [0, 0.05) is 0 Å². The van der Waals surface area contributed by atoms with Gasteiger partial charge in [-0.15, -0.1) is 0 Å². The van der Waals surface area contributed by atoms with Gasteiger partial charge >= 0.3 is 57.5 Å². The van der Waals surface area contributed by atoms with Crippen molar-refractivity contribution in [2.24, 2.45) is 0 Å². The van der Waals surface area contributed by atoms with Crippen LogP contribution in [0.4, 0.5) is 4.79 Å². The molecule has 0 aromatic heterocycles. The van der Waals surface area contributed by atoms with Gasteiger partial charge in [-0.2, -0.15) is 0 Å². The van der Waals surface area contributed by atoms with Gasteiger partial charge in [0.2, 0.25) is 0 Å². The third-order valence-corrected chi connectivity index (χ3v) is 0. The fourth-order valence-corrected chi connectivity index (χ4v) is 0. The maximum absolute atomic E-state index is 8.56. The fraction of sp³-hybridized carbons (Fsp3) is 0. The summed E-state index contributed by atoms with van der Waals surface area (Å²) < 4.78 is 0. The van der Waals surface area contributed by atoms with E-state index in [1.54, 1.807) is 0 Å². The Morgan fingerprint density at radius 1 is 1.33 bits per heavy atom. The molecule has 0 unspecified atom stereocenters. The van der Waals surface area contributed by atoms with Crippen molar-refractivity contribution >= 4 is 57.5 Å². The van der Waals surface area contributed by atoms with Crippen molar-refractivity contribution < 1.29 is 15.0 Å². The van der Waals surface area contributed by atoms with E-state index in [1.807, 2.05) is 0 Å². The molecule has 0 saturated carbocycles. The zero-order valence-electron chi connectivity index (χ0n) is 2.51. The summed E-state index contributed by atoms with van der Waals surface area (Å²) in [6.45, 7) is 0. The summed E-state index contributed by atoms with van der Waals surface area (Å²) in [6, 6.07) is 0. The van der Waals surface area contributed by atoms with Gasteiger partial charge in [-0.3, -0.25) is 0 Å². The SMILES string of the molecule is N.O=C(O)O.[KH]. The summed E-state index contributed by atoms with van der Waals surface area (Å²) in [7, 11) is 0. The summed E-state index contributed by atoms with van der Waals surface area (Å²) in [5, 5.41) is 13.9. The predicted octanol–water partition coefficient (Wildman–Crippen LogP) is -0.264. The van der Waals surface area contributed by atoms with Crippen molar-refractivity contribution in [2.75, 3.05) is 0 Å². The normalized spacial score (nSPS) is 4.00. The van der Waals surface area contributed by atoms with E-state index in [2.05, 4.69) is 0 Å². The van der Waals surface area contributed by atoms with Crippen LogP contribution in [0.3, 0.4) is 0 Å². The average Bonchev–Trinajstić information content (AvgIpc) is 0.811. The Balaban J connectivity index is -0.0000000450. The van der Waals surface area contributed by atoms with E-state index in [-0.39, 0.29) is 57.5 Å². The van der Waals surface area contributed by atoms with Gasteiger partial charge in [-0.05, 0) is 0 Å². The molecule has 5 N–H and O–H groups in total. The molecule has 0 atom stereocenters. The molecular weight excluding hydrogens is 113 g/mol. The fourth-order valence-electron chi connectivity index (χ4n) is 0. The van der Waals surface area contributed by atoms with Gasteiger partial charge in [-0.1, -0.05) is 0 Å². The molecule has 34 valence electrons. The minimum atomic E-state index is -1.83. The van der Waals surface area contributed by atoms with E-state index in [0.29, 0.717) is 0 Å². The molecule has 6 heavy (non-hydrogen) atoms. The van der Waals surface area contributed by atoms with E-state index >= 15 is 0 Å². The molecule has 0 heterocycles. The predicted molar refractivity (Wildman–Crippen MR) is 22.8 cm³/mol. The molecule has 0 aromatic rings. The summed E-state index contributed by atoms with van der Waals surface area (Å²) >= 11 is 0. The number of hydrogen-bond acceptors (Lipinski definition) is 2. The van der Waals surface area contributed by atoms with Crippen LogP contribution in [0.2, 0.25) is 0 Å². The van der Waals surface area contributed by atoms with Gasteiger partial charge in [0.25, 0.3) is 0 Å². The monoisotopic (exact) mass is 119 g/mol. The van der Waals surface area contributed by atoms with Gasteiger partial charge in [0.05, 0.1) is 0 Å². The van der Waals surface area contributed by atoms with Crippen LogP contribution in [0.15, 0.2) is 0 Å². The second-order valence-electron chi connectivity index (χ2n) is 0.283. The van der Waals surface area contributed by atoms with Crippen molar-refractivity contribution in [3.63, 3.8) is 0 Å². The van der Waals surface area contributed by atoms with Crippen LogP contribution in [-0.2, 0) is 0 Å². The Kier molecular flexibility index (Phi) is 24.5. The van der Waals surface area contributed by atoms with Crippen molar-refractivity contribution in [1.82, 2.24) is 6.15 Å². The summed E-state index contributed by atoms with van der Waals surface area (Å²) in [5.74, 6) is 0. The third kappa shape index (κ3) is 96.9. The number of rotatable bonds is 0. The molecule has 0 rings (SSSR count). The molecule has 0 radical (unpaired) electrons. The molecule has 0 saturated heterocycles. The molecule has 0 aliphatic carbocycles. The van der Waals surface area contributed by atoms with E-state index in [9.17, 15) is 0 Å². The molecule has 0 bridgehead atoms. The first-order valence-electron chi connectivity index (χ1n) is 0.651. The Hall–Kier alpha value is 0.866. The van der Waals surface area contributed by atoms with Crippen LogP contribution in [0.1, 0.15) is 0 Å². The first-order valence-corrected chi connectivity index (χ1v) is 0.651. The summed E-state index contributed by atoms with van der Waals surface area (Å²) in [4.78, 5) is 8.56. The number of carbonyl (C=O) groups is 1. The number of hydrogen-bond donors (Lipinski definition) is 3. The first-order chi connectivity index (χ1) is 1.73. The van der Waals surface area contributed by atoms with E-state index in [0.717, 1.165) is 0 Å². The van der Waals surface area contributed by atoms with Crippen molar-refractivity contribution in [3.05, 3.63) is 0 Å². The molecule has 0 spiro atoms. The van der Waals surface area contributed by atoms with Crippen LogP contribution in [0, 0.1) is 0 Å². The minimum absolute atomic E-state index is 0. The van der Waals surface area contributed by atoms with Gasteiger partial charge < -0.3 is 16.4 Å². The van der Waals surface area contributed by atoms with Gasteiger partial charge in [0.1, 0.15) is 0 Å². The zero-order chi connectivity index (χ0) is 3.58. The van der Waals surface area contributed by atoms with Crippen LogP contribution < -0.4 is 6.15 Å². The van der Waals surface area contributed by atoms with E-state index in [1.165, 1.54) is 0 Å². The standard InChI is InChI=1S/CH2O3.K.H3N.H/c2-1(3)4;;;/h(H2,2,3,4);;1H3;. The van der Waals surface area contributed by atoms with Gasteiger partial charge in [0.15, 0.2) is 0 Å². The van der Waals surface area contributed by atoms with E-state index < -0.39 is 6.16 Å². The Labute approximate surface area is 77.5 Å². The topological polar surface area (TPSA) is 92.5 Å². The molecule has 0 aliphatic heterocycles. The van der Waals surface area contributed by atoms with Crippen LogP contribution >= 0.6 is 0 Å². The van der Waals surface area contributed by atoms with E-state index in [4.69, 9.17) is 15.0 Å². The second kappa shape index (κ2) is 9.29. The molecule has 4 nitrogen and oxygen atoms in total. The van der Waals surface area contributed by atoms with Crippen molar-refractivity contribution in [3.8, 4) is 0 Å². The van der Waals surface area contributed by atoms with Crippen LogP contribution in [0.25, 0.3) is 0 Å². The summed E-state index contributed by atoms with van der Waals surface area (Å²) in [5.41, 5.74) is 0. The number of carboxylic acid groups (broad SMARTS) is 2. The molecule has 0 aliphatic rings. The van der Waals surface area contributed by atoms with Crippen LogP contribution in [0.5, 0.6) is 0 Å². The molecule has 5 heteroatoms. The molecule has 0 aromatic carbocycles. The Morgan fingerprint density at radius 2 is 1.33 bits per heavy atom. The second-order valence-corrected chi connectivity index (χ2v) is 0.283. The maximum atomic E-state index is 8.56. The summed E-state index contributed by atoms with van der Waals surface area (Å²) in [6.07, 6.45) is -1.83. The average molecular weight is 119 g/mol. The molecule has 0 amide bonds. The van der Waals surface area contributed by atoms with Crippen LogP contribution in [-0.4, -0.2) is 67.8 Å². The van der Waals surface area contributed by atoms with Crippen molar-refractivity contribution in [1.29, 1.82) is 0 Å². The van der Waals surface area contributed by atoms with Crippen molar-refractivity contribution in [2.45, 2.75) is 0 Å². The Morgan fingerprint density at radius 3 is 1.33 bits per heavy atom.